The number of allylic oxidation sites excluding steroid dienone is 3. The first-order chi connectivity index (χ1) is 15.0. The van der Waals surface area contributed by atoms with Gasteiger partial charge in [-0.25, -0.2) is 0 Å². The molecule has 2 aliphatic carbocycles. The normalized spacial score (nSPS) is 22.8. The van der Waals surface area contributed by atoms with Crippen LogP contribution in [0.1, 0.15) is 53.4 Å². The van der Waals surface area contributed by atoms with E-state index < -0.39 is 27.7 Å². The van der Waals surface area contributed by atoms with Gasteiger partial charge in [-0.05, 0) is 38.5 Å². The molecule has 2 aliphatic rings. The van der Waals surface area contributed by atoms with E-state index in [1.807, 2.05) is 32.9 Å². The summed E-state index contributed by atoms with van der Waals surface area (Å²) in [5.41, 5.74) is 0.562. The van der Waals surface area contributed by atoms with Crippen LogP contribution in [0, 0.1) is 6.92 Å². The number of aryl methyl sites for hydroxylation is 1. The molecule has 3 atom stereocenters. The highest BCUT2D eigenvalue weighted by Gasteiger charge is 2.45. The fourth-order valence-corrected chi connectivity index (χ4v) is 6.02. The minimum absolute atomic E-state index is 0.0388. The molecule has 5 nitrogen and oxygen atoms in total. The van der Waals surface area contributed by atoms with E-state index in [1.165, 1.54) is 6.08 Å². The number of hydrogen-bond acceptors (Lipinski definition) is 5. The van der Waals surface area contributed by atoms with Crippen molar-refractivity contribution in [3.63, 3.8) is 0 Å². The third-order valence-electron chi connectivity index (χ3n) is 6.70. The second-order valence-electron chi connectivity index (χ2n) is 9.45. The van der Waals surface area contributed by atoms with E-state index in [4.69, 9.17) is 0 Å². The monoisotopic (exact) mass is 452 g/mol. The lowest BCUT2D eigenvalue weighted by atomic mass is 9.66. The number of fused-ring (bicyclic) bond motifs is 2. The summed E-state index contributed by atoms with van der Waals surface area (Å²) in [6.07, 6.45) is 5.96. The van der Waals surface area contributed by atoms with Crippen molar-refractivity contribution in [3.05, 3.63) is 76.4 Å². The van der Waals surface area contributed by atoms with Crippen LogP contribution < -0.4 is 0 Å². The average molecular weight is 453 g/mol. The number of hydrogen-bond donors (Lipinski definition) is 3. The molecule has 2 aromatic carbocycles. The highest BCUT2D eigenvalue weighted by atomic mass is 32.2. The number of benzene rings is 2. The van der Waals surface area contributed by atoms with Crippen LogP contribution >= 0.6 is 0 Å². The van der Waals surface area contributed by atoms with Crippen LogP contribution in [0.15, 0.2) is 53.5 Å². The Labute approximate surface area is 190 Å². The molecule has 3 N–H and O–H groups in total. The minimum atomic E-state index is -1.45. The molecule has 0 bridgehead atoms. The maximum atomic E-state index is 13.0. The van der Waals surface area contributed by atoms with E-state index >= 15 is 0 Å². The number of carbonyl (C=O) groups excluding carboxylic acids is 1. The van der Waals surface area contributed by atoms with Crippen molar-refractivity contribution >= 4 is 16.6 Å². The van der Waals surface area contributed by atoms with Crippen LogP contribution in [0.25, 0.3) is 0 Å². The van der Waals surface area contributed by atoms with E-state index in [0.29, 0.717) is 28.0 Å². The maximum Gasteiger partial charge on any atom is 0.189 e. The second kappa shape index (κ2) is 7.71. The van der Waals surface area contributed by atoms with Gasteiger partial charge in [0.1, 0.15) is 11.5 Å². The van der Waals surface area contributed by atoms with Crippen LogP contribution in [0.5, 0.6) is 11.5 Å². The fourth-order valence-electron chi connectivity index (χ4n) is 4.76. The first kappa shape index (κ1) is 22.5. The zero-order valence-electron chi connectivity index (χ0n) is 18.7. The highest BCUT2D eigenvalue weighted by molar-refractivity contribution is 7.85. The van der Waals surface area contributed by atoms with Crippen LogP contribution in [0.4, 0.5) is 0 Å². The molecular weight excluding hydrogens is 424 g/mol. The van der Waals surface area contributed by atoms with E-state index in [9.17, 15) is 24.3 Å². The summed E-state index contributed by atoms with van der Waals surface area (Å²) >= 11 is 0. The van der Waals surface area contributed by atoms with Crippen molar-refractivity contribution < 1.29 is 24.3 Å². The van der Waals surface area contributed by atoms with Gasteiger partial charge in [-0.2, -0.15) is 0 Å². The molecule has 0 fully saturated rings. The molecule has 6 heteroatoms. The summed E-state index contributed by atoms with van der Waals surface area (Å²) < 4.78 is 13.0. The lowest BCUT2D eigenvalue weighted by Gasteiger charge is -2.40. The molecule has 1 unspecified atom stereocenters. The van der Waals surface area contributed by atoms with Crippen LogP contribution in [-0.2, 0) is 28.1 Å². The molecule has 32 heavy (non-hydrogen) atoms. The molecule has 0 saturated heterocycles. The Balaban J connectivity index is 1.82. The quantitative estimate of drug-likeness (QED) is 0.482. The second-order valence-corrected chi connectivity index (χ2v) is 10.9. The number of phenolic OH excluding ortho intramolecular Hbond substituents is 2. The van der Waals surface area contributed by atoms with Crippen molar-refractivity contribution in [3.8, 4) is 11.5 Å². The number of rotatable bonds is 4. The zero-order valence-corrected chi connectivity index (χ0v) is 19.5. The van der Waals surface area contributed by atoms with Gasteiger partial charge in [0, 0.05) is 32.4 Å². The standard InChI is InChI=1S/C26H28O5S/c1-15-7-9-16(10-8-15)32(31)14-19(28)26(4)12-5-6-17-21(26)24(30)22-20(23(17)29)18(27)11-13-25(22,2)3/h5,7-13,19,28-30H,6,14H2,1-4H3/t19-,26?,32+/m0/s1. The van der Waals surface area contributed by atoms with Crippen LogP contribution in [-0.4, -0.2) is 37.2 Å². The summed E-state index contributed by atoms with van der Waals surface area (Å²) in [6.45, 7) is 7.43. The topological polar surface area (TPSA) is 94.8 Å². The van der Waals surface area contributed by atoms with Gasteiger partial charge in [0.25, 0.3) is 0 Å². The lowest BCUT2D eigenvalue weighted by Crippen LogP contribution is -2.41. The molecule has 0 aliphatic heterocycles. The fraction of sp³-hybridized carbons (Fsp3) is 0.346. The minimum Gasteiger partial charge on any atom is -0.507 e. The van der Waals surface area contributed by atoms with Gasteiger partial charge >= 0.3 is 0 Å². The number of phenols is 2. The van der Waals surface area contributed by atoms with Crippen LogP contribution in [0.2, 0.25) is 0 Å². The predicted molar refractivity (Wildman–Crippen MR) is 125 cm³/mol. The molecule has 0 amide bonds. The Kier molecular flexibility index (Phi) is 5.42. The van der Waals surface area contributed by atoms with E-state index in [-0.39, 0.29) is 28.6 Å². The molecule has 0 saturated carbocycles. The first-order valence-corrected chi connectivity index (χ1v) is 12.0. The van der Waals surface area contributed by atoms with Crippen molar-refractivity contribution in [2.75, 3.05) is 5.75 Å². The molecule has 168 valence electrons. The number of aromatic hydroxyl groups is 2. The zero-order chi connectivity index (χ0) is 23.4. The Hall–Kier alpha value is -2.70. The Morgan fingerprint density at radius 2 is 1.69 bits per heavy atom. The Bertz CT molecular complexity index is 1190. The molecule has 0 radical (unpaired) electrons. The molecule has 4 rings (SSSR count). The lowest BCUT2D eigenvalue weighted by molar-refractivity contribution is 0.103. The first-order valence-electron chi connectivity index (χ1n) is 10.6. The van der Waals surface area contributed by atoms with Crippen molar-refractivity contribution in [1.82, 2.24) is 0 Å². The molecule has 2 aromatic rings. The third-order valence-corrected chi connectivity index (χ3v) is 8.12. The predicted octanol–water partition coefficient (Wildman–Crippen LogP) is 3.98. The van der Waals surface area contributed by atoms with Crippen molar-refractivity contribution in [2.45, 2.75) is 55.9 Å². The Morgan fingerprint density at radius 3 is 2.34 bits per heavy atom. The summed E-state index contributed by atoms with van der Waals surface area (Å²) in [5, 5.41) is 33.7. The van der Waals surface area contributed by atoms with Gasteiger partial charge in [-0.1, -0.05) is 49.8 Å². The molecule has 0 spiro atoms. The maximum absolute atomic E-state index is 13.0. The SMILES string of the molecule is Cc1ccc([S@](=O)C[C@H](O)C2(C)C=CCc3c(O)c4c(c(O)c32)C(C)(C)C=CC4=O)cc1. The molecule has 0 heterocycles. The summed E-state index contributed by atoms with van der Waals surface area (Å²) in [5.74, 6) is -0.643. The van der Waals surface area contributed by atoms with Crippen molar-refractivity contribution in [2.24, 2.45) is 0 Å². The third kappa shape index (κ3) is 3.42. The van der Waals surface area contributed by atoms with Gasteiger partial charge in [0.05, 0.1) is 28.2 Å². The van der Waals surface area contributed by atoms with E-state index in [2.05, 4.69) is 0 Å². The van der Waals surface area contributed by atoms with Gasteiger partial charge in [-0.15, -0.1) is 0 Å². The average Bonchev–Trinajstić information content (AvgIpc) is 2.73. The molecule has 0 aromatic heterocycles. The number of carbonyl (C=O) groups is 1. The Morgan fingerprint density at radius 1 is 1.03 bits per heavy atom. The van der Waals surface area contributed by atoms with Gasteiger partial charge in [0.15, 0.2) is 5.78 Å². The number of aliphatic hydroxyl groups excluding tert-OH is 1. The summed E-state index contributed by atoms with van der Waals surface area (Å²) in [7, 11) is -1.45. The van der Waals surface area contributed by atoms with E-state index in [1.54, 1.807) is 37.3 Å². The number of aliphatic hydroxyl groups is 1. The van der Waals surface area contributed by atoms with Crippen molar-refractivity contribution in [1.29, 1.82) is 0 Å². The molecular formula is C26H28O5S. The van der Waals surface area contributed by atoms with Gasteiger partial charge in [0.2, 0.25) is 0 Å². The van der Waals surface area contributed by atoms with E-state index in [0.717, 1.165) is 5.56 Å². The summed E-state index contributed by atoms with van der Waals surface area (Å²) in [4.78, 5) is 13.2. The van der Waals surface area contributed by atoms with Crippen LogP contribution in [0.3, 0.4) is 0 Å². The van der Waals surface area contributed by atoms with Gasteiger partial charge in [-0.3, -0.25) is 9.00 Å². The van der Waals surface area contributed by atoms with Gasteiger partial charge < -0.3 is 15.3 Å². The highest BCUT2D eigenvalue weighted by Crippen LogP contribution is 2.52. The smallest absolute Gasteiger partial charge is 0.189 e. The number of ketones is 1. The largest absolute Gasteiger partial charge is 0.507 e. The summed E-state index contributed by atoms with van der Waals surface area (Å²) in [6, 6.07) is 7.32.